The number of aromatic nitrogens is 2. The number of benzene rings is 1. The molecule has 0 radical (unpaired) electrons. The van der Waals surface area contributed by atoms with Crippen LogP contribution in [0.3, 0.4) is 0 Å². The number of halogens is 4. The van der Waals surface area contributed by atoms with Gasteiger partial charge in [-0.2, -0.15) is 23.5 Å². The first kappa shape index (κ1) is 12.1. The lowest BCUT2D eigenvalue weighted by molar-refractivity contribution is -0.137. The average molecular weight is 255 g/mol. The summed E-state index contributed by atoms with van der Waals surface area (Å²) in [7, 11) is 0. The van der Waals surface area contributed by atoms with Crippen molar-refractivity contribution >= 4 is 0 Å². The Bertz CT molecular complexity index is 622. The molecule has 0 N–H and O–H groups in total. The molecule has 3 nitrogen and oxygen atoms in total. The van der Waals surface area contributed by atoms with E-state index in [1.807, 2.05) is 0 Å². The van der Waals surface area contributed by atoms with Crippen LogP contribution in [0, 0.1) is 17.1 Å². The van der Waals surface area contributed by atoms with Crippen LogP contribution in [0.5, 0.6) is 0 Å². The van der Waals surface area contributed by atoms with Crippen LogP contribution in [0.25, 0.3) is 5.69 Å². The second-order valence-electron chi connectivity index (χ2n) is 3.48. The highest BCUT2D eigenvalue weighted by Crippen LogP contribution is 2.29. The first-order valence-electron chi connectivity index (χ1n) is 4.73. The van der Waals surface area contributed by atoms with E-state index in [9.17, 15) is 17.6 Å². The maximum absolute atomic E-state index is 13.1. The predicted octanol–water partition coefficient (Wildman–Crippen LogP) is 2.90. The highest BCUT2D eigenvalue weighted by Gasteiger charge is 2.32. The minimum Gasteiger partial charge on any atom is -0.240 e. The van der Waals surface area contributed by atoms with Crippen molar-refractivity contribution in [1.29, 1.82) is 5.26 Å². The summed E-state index contributed by atoms with van der Waals surface area (Å²) >= 11 is 0. The number of nitrogens with zero attached hydrogens (tertiary/aromatic N) is 3. The third-order valence-corrected chi connectivity index (χ3v) is 2.19. The second-order valence-corrected chi connectivity index (χ2v) is 3.48. The Morgan fingerprint density at radius 2 is 1.94 bits per heavy atom. The minimum atomic E-state index is -4.51. The van der Waals surface area contributed by atoms with E-state index >= 15 is 0 Å². The number of rotatable bonds is 1. The van der Waals surface area contributed by atoms with Crippen molar-refractivity contribution in [2.24, 2.45) is 0 Å². The minimum absolute atomic E-state index is 0.00839. The molecule has 0 unspecified atom stereocenters. The van der Waals surface area contributed by atoms with Crippen molar-refractivity contribution < 1.29 is 17.6 Å². The molecule has 1 heterocycles. The van der Waals surface area contributed by atoms with Crippen molar-refractivity contribution in [3.05, 3.63) is 47.5 Å². The van der Waals surface area contributed by atoms with Crippen LogP contribution in [0.15, 0.2) is 30.6 Å². The Labute approximate surface area is 98.9 Å². The topological polar surface area (TPSA) is 41.6 Å². The molecule has 0 spiro atoms. The highest BCUT2D eigenvalue weighted by molar-refractivity contribution is 5.41. The lowest BCUT2D eigenvalue weighted by Crippen LogP contribution is -2.03. The maximum Gasteiger partial charge on any atom is 0.419 e. The van der Waals surface area contributed by atoms with E-state index < -0.39 is 17.6 Å². The Kier molecular flexibility index (Phi) is 2.79. The first-order valence-corrected chi connectivity index (χ1v) is 4.73. The van der Waals surface area contributed by atoms with Crippen LogP contribution in [-0.4, -0.2) is 9.78 Å². The molecule has 0 aliphatic carbocycles. The van der Waals surface area contributed by atoms with Gasteiger partial charge >= 0.3 is 6.18 Å². The van der Waals surface area contributed by atoms with Gasteiger partial charge in [0.15, 0.2) is 0 Å². The van der Waals surface area contributed by atoms with E-state index in [0.717, 1.165) is 23.0 Å². The van der Waals surface area contributed by atoms with E-state index in [1.165, 1.54) is 6.07 Å². The molecule has 7 heteroatoms. The predicted molar refractivity (Wildman–Crippen MR) is 53.2 cm³/mol. The molecule has 0 bridgehead atoms. The van der Waals surface area contributed by atoms with Crippen LogP contribution in [-0.2, 0) is 6.18 Å². The highest BCUT2D eigenvalue weighted by atomic mass is 19.4. The number of alkyl halides is 3. The van der Waals surface area contributed by atoms with Crippen molar-refractivity contribution in [2.45, 2.75) is 6.18 Å². The van der Waals surface area contributed by atoms with E-state index in [-0.39, 0.29) is 11.3 Å². The molecular weight excluding hydrogens is 250 g/mol. The van der Waals surface area contributed by atoms with Crippen LogP contribution in [0.4, 0.5) is 17.6 Å². The molecule has 1 aromatic carbocycles. The second kappa shape index (κ2) is 4.14. The summed E-state index contributed by atoms with van der Waals surface area (Å²) in [5, 5.41) is 12.1. The van der Waals surface area contributed by atoms with Crippen LogP contribution >= 0.6 is 0 Å². The van der Waals surface area contributed by atoms with Gasteiger partial charge in [0.1, 0.15) is 5.82 Å². The number of hydrogen-bond donors (Lipinski definition) is 0. The molecule has 18 heavy (non-hydrogen) atoms. The smallest absolute Gasteiger partial charge is 0.240 e. The van der Waals surface area contributed by atoms with Gasteiger partial charge in [0.05, 0.1) is 29.1 Å². The van der Waals surface area contributed by atoms with Gasteiger partial charge in [-0.15, -0.1) is 0 Å². The van der Waals surface area contributed by atoms with Crippen molar-refractivity contribution in [3.8, 4) is 11.8 Å². The fourth-order valence-corrected chi connectivity index (χ4v) is 1.38. The van der Waals surface area contributed by atoms with Crippen LogP contribution in [0.1, 0.15) is 11.1 Å². The number of nitriles is 1. The third-order valence-electron chi connectivity index (χ3n) is 2.19. The van der Waals surface area contributed by atoms with Gasteiger partial charge in [-0.25, -0.2) is 9.07 Å². The zero-order chi connectivity index (χ0) is 13.3. The summed E-state index contributed by atoms with van der Waals surface area (Å²) in [4.78, 5) is 0. The fourth-order valence-electron chi connectivity index (χ4n) is 1.38. The molecule has 0 aliphatic rings. The summed E-state index contributed by atoms with van der Waals surface area (Å²) < 4.78 is 51.1. The molecule has 1 aromatic heterocycles. The molecule has 0 aliphatic heterocycles. The molecule has 2 aromatic rings. The summed E-state index contributed by atoms with van der Waals surface area (Å²) in [6.07, 6.45) is -3.14. The molecule has 0 atom stereocenters. The zero-order valence-corrected chi connectivity index (χ0v) is 8.74. The molecule has 92 valence electrons. The number of hydrogen-bond acceptors (Lipinski definition) is 2. The Morgan fingerprint density at radius 3 is 2.50 bits per heavy atom. The zero-order valence-electron chi connectivity index (χ0n) is 8.74. The molecule has 0 amide bonds. The van der Waals surface area contributed by atoms with Crippen molar-refractivity contribution in [3.63, 3.8) is 0 Å². The van der Waals surface area contributed by atoms with Gasteiger partial charge in [0.25, 0.3) is 0 Å². The molecule has 0 saturated carbocycles. The monoisotopic (exact) mass is 255 g/mol. The summed E-state index contributed by atoms with van der Waals surface area (Å²) in [6, 6.07) is 4.94. The fraction of sp³-hybridized carbons (Fsp3) is 0.0909. The van der Waals surface area contributed by atoms with Crippen molar-refractivity contribution in [1.82, 2.24) is 9.78 Å². The molecule has 0 saturated heterocycles. The lowest BCUT2D eigenvalue weighted by Gasteiger charge is -2.03. The molecule has 2 rings (SSSR count). The van der Waals surface area contributed by atoms with Gasteiger partial charge in [0, 0.05) is 6.20 Å². The van der Waals surface area contributed by atoms with Gasteiger partial charge in [-0.05, 0) is 18.2 Å². The third kappa shape index (κ3) is 2.32. The summed E-state index contributed by atoms with van der Waals surface area (Å²) in [6.45, 7) is 0. The average Bonchev–Trinajstić information content (AvgIpc) is 2.77. The lowest BCUT2D eigenvalue weighted by atomic mass is 10.2. The van der Waals surface area contributed by atoms with Gasteiger partial charge in [-0.1, -0.05) is 0 Å². The quantitative estimate of drug-likeness (QED) is 0.735. The first-order chi connectivity index (χ1) is 8.40. The Hall–Kier alpha value is -2.36. The SMILES string of the molecule is N#Cc1cc(F)cc(-n2cc(C(F)(F)F)cn2)c1. The van der Waals surface area contributed by atoms with E-state index in [4.69, 9.17) is 5.26 Å². The van der Waals surface area contributed by atoms with E-state index in [0.29, 0.717) is 6.20 Å². The normalized spacial score (nSPS) is 11.3. The van der Waals surface area contributed by atoms with Gasteiger partial charge in [0.2, 0.25) is 0 Å². The largest absolute Gasteiger partial charge is 0.419 e. The molecular formula is C11H5F4N3. The molecule has 0 fully saturated rings. The standard InChI is InChI=1S/C11H5F4N3/c12-9-1-7(4-16)2-10(3-9)18-6-8(5-17-18)11(13,14)15/h1-3,5-6H. The van der Waals surface area contributed by atoms with E-state index in [1.54, 1.807) is 6.07 Å². The summed E-state index contributed by atoms with van der Waals surface area (Å²) in [5.74, 6) is -0.715. The van der Waals surface area contributed by atoms with Crippen LogP contribution < -0.4 is 0 Å². The Balaban J connectivity index is 2.47. The van der Waals surface area contributed by atoms with Gasteiger partial charge in [-0.3, -0.25) is 0 Å². The maximum atomic E-state index is 13.1. The van der Waals surface area contributed by atoms with Gasteiger partial charge < -0.3 is 0 Å². The summed E-state index contributed by atoms with van der Waals surface area (Å²) in [5.41, 5.74) is -0.874. The van der Waals surface area contributed by atoms with E-state index in [2.05, 4.69) is 5.10 Å². The van der Waals surface area contributed by atoms with Crippen LogP contribution in [0.2, 0.25) is 0 Å². The Morgan fingerprint density at radius 1 is 1.22 bits per heavy atom. The van der Waals surface area contributed by atoms with Crippen molar-refractivity contribution in [2.75, 3.05) is 0 Å².